The van der Waals surface area contributed by atoms with Gasteiger partial charge in [0.2, 0.25) is 0 Å². The lowest BCUT2D eigenvalue weighted by Gasteiger charge is -2.08. The third-order valence-electron chi connectivity index (χ3n) is 1.11. The number of hydrogen-bond acceptors (Lipinski definition) is 2. The van der Waals surface area contributed by atoms with Crippen LogP contribution in [0.3, 0.4) is 0 Å². The van der Waals surface area contributed by atoms with Gasteiger partial charge in [-0.05, 0) is 5.25 Å². The van der Waals surface area contributed by atoms with Crippen molar-refractivity contribution in [3.8, 4) is 0 Å². The van der Waals surface area contributed by atoms with Gasteiger partial charge in [-0.3, -0.25) is 0 Å². The van der Waals surface area contributed by atoms with Crippen LogP contribution in [0.2, 0.25) is 0 Å². The van der Waals surface area contributed by atoms with Crippen LogP contribution in [0.15, 0.2) is 0 Å². The molecule has 0 aliphatic carbocycles. The van der Waals surface area contributed by atoms with Gasteiger partial charge < -0.3 is 5.32 Å². The Morgan fingerprint density at radius 3 is 2.20 bits per heavy atom. The van der Waals surface area contributed by atoms with Crippen molar-refractivity contribution in [1.82, 2.24) is 5.32 Å². The van der Waals surface area contributed by atoms with E-state index in [1.807, 2.05) is 11.8 Å². The van der Waals surface area contributed by atoms with Gasteiger partial charge in [0, 0.05) is 18.3 Å². The highest BCUT2D eigenvalue weighted by Crippen LogP contribution is 2.06. The van der Waals surface area contributed by atoms with E-state index in [-0.39, 0.29) is 0 Å². The minimum absolute atomic E-state index is 0.632. The number of thioether (sulfide) groups is 1. The van der Waals surface area contributed by atoms with Crippen LogP contribution in [0.5, 0.6) is 0 Å². The van der Waals surface area contributed by atoms with E-state index in [1.54, 1.807) is 0 Å². The summed E-state index contributed by atoms with van der Waals surface area (Å²) < 4.78 is 0. The van der Waals surface area contributed by atoms with Crippen molar-refractivity contribution in [2.75, 3.05) is 12.3 Å². The van der Waals surface area contributed by atoms with E-state index in [2.05, 4.69) is 33.0 Å². The first kappa shape index (κ1) is 10.3. The average molecular weight is 161 g/mol. The third kappa shape index (κ3) is 8.31. The maximum absolute atomic E-state index is 3.38. The summed E-state index contributed by atoms with van der Waals surface area (Å²) >= 11 is 2.01. The number of rotatable bonds is 5. The molecule has 1 N–H and O–H groups in total. The van der Waals surface area contributed by atoms with Crippen molar-refractivity contribution in [3.63, 3.8) is 0 Å². The second-order valence-corrected chi connectivity index (χ2v) is 4.71. The van der Waals surface area contributed by atoms with Crippen LogP contribution in [-0.4, -0.2) is 23.6 Å². The van der Waals surface area contributed by atoms with Crippen molar-refractivity contribution in [2.24, 2.45) is 0 Å². The van der Waals surface area contributed by atoms with Crippen molar-refractivity contribution in [3.05, 3.63) is 0 Å². The first-order valence-corrected chi connectivity index (χ1v) is 5.02. The molecule has 0 atom stereocenters. The predicted octanol–water partition coefficient (Wildman–Crippen LogP) is 2.13. The third-order valence-corrected chi connectivity index (χ3v) is 2.21. The van der Waals surface area contributed by atoms with Crippen LogP contribution in [-0.2, 0) is 0 Å². The molecule has 0 spiro atoms. The summed E-state index contributed by atoms with van der Waals surface area (Å²) in [6, 6.07) is 0.632. The lowest BCUT2D eigenvalue weighted by Crippen LogP contribution is -2.25. The van der Waals surface area contributed by atoms with E-state index in [4.69, 9.17) is 0 Å². The van der Waals surface area contributed by atoms with Crippen molar-refractivity contribution < 1.29 is 0 Å². The second-order valence-electron chi connectivity index (χ2n) is 3.03. The summed E-state index contributed by atoms with van der Waals surface area (Å²) in [5.74, 6) is 1.23. The Balaban J connectivity index is 2.91. The fraction of sp³-hybridized carbons (Fsp3) is 1.00. The highest BCUT2D eigenvalue weighted by Gasteiger charge is 1.94. The van der Waals surface area contributed by atoms with Gasteiger partial charge in [0.25, 0.3) is 0 Å². The second kappa shape index (κ2) is 6.05. The maximum Gasteiger partial charge on any atom is 0.00607 e. The summed E-state index contributed by atoms with van der Waals surface area (Å²) in [7, 11) is 0. The summed E-state index contributed by atoms with van der Waals surface area (Å²) in [6.45, 7) is 9.97. The van der Waals surface area contributed by atoms with Gasteiger partial charge in [0.15, 0.2) is 0 Å². The molecule has 0 aliphatic rings. The highest BCUT2D eigenvalue weighted by molar-refractivity contribution is 7.99. The van der Waals surface area contributed by atoms with E-state index in [9.17, 15) is 0 Å². The van der Waals surface area contributed by atoms with Gasteiger partial charge in [-0.1, -0.05) is 27.7 Å². The summed E-state index contributed by atoms with van der Waals surface area (Å²) in [5.41, 5.74) is 0. The molecular formula is C8H19NS. The quantitative estimate of drug-likeness (QED) is 0.620. The minimum Gasteiger partial charge on any atom is -0.314 e. The fourth-order valence-corrected chi connectivity index (χ4v) is 1.35. The Hall–Kier alpha value is 0.310. The molecule has 0 rings (SSSR count). The van der Waals surface area contributed by atoms with E-state index in [1.165, 1.54) is 5.75 Å². The molecular weight excluding hydrogens is 142 g/mol. The zero-order valence-electron chi connectivity index (χ0n) is 7.48. The van der Waals surface area contributed by atoms with Crippen molar-refractivity contribution in [2.45, 2.75) is 39.0 Å². The van der Waals surface area contributed by atoms with Gasteiger partial charge in [-0.2, -0.15) is 11.8 Å². The molecule has 2 heteroatoms. The van der Waals surface area contributed by atoms with Gasteiger partial charge in [-0.25, -0.2) is 0 Å². The Morgan fingerprint density at radius 2 is 1.80 bits per heavy atom. The molecule has 0 aromatic heterocycles. The molecule has 0 aromatic carbocycles. The molecule has 0 aliphatic heterocycles. The lowest BCUT2D eigenvalue weighted by atomic mass is 10.4. The Morgan fingerprint density at radius 1 is 1.20 bits per heavy atom. The van der Waals surface area contributed by atoms with Gasteiger partial charge in [0.1, 0.15) is 0 Å². The lowest BCUT2D eigenvalue weighted by molar-refractivity contribution is 0.616. The van der Waals surface area contributed by atoms with E-state index in [0.29, 0.717) is 6.04 Å². The van der Waals surface area contributed by atoms with Crippen molar-refractivity contribution >= 4 is 11.8 Å². The summed E-state index contributed by atoms with van der Waals surface area (Å²) in [4.78, 5) is 0. The molecule has 0 saturated carbocycles. The summed E-state index contributed by atoms with van der Waals surface area (Å²) in [6.07, 6.45) is 0. The van der Waals surface area contributed by atoms with Crippen LogP contribution in [0.4, 0.5) is 0 Å². The van der Waals surface area contributed by atoms with Crippen molar-refractivity contribution in [1.29, 1.82) is 0 Å². The molecule has 0 unspecified atom stereocenters. The molecule has 1 nitrogen and oxygen atoms in total. The maximum atomic E-state index is 3.38. The molecule has 0 saturated heterocycles. The molecule has 0 amide bonds. The molecule has 0 fully saturated rings. The normalized spacial score (nSPS) is 11.4. The van der Waals surface area contributed by atoms with Gasteiger partial charge in [0.05, 0.1) is 0 Å². The van der Waals surface area contributed by atoms with Crippen LogP contribution < -0.4 is 5.32 Å². The van der Waals surface area contributed by atoms with Gasteiger partial charge >= 0.3 is 0 Å². The van der Waals surface area contributed by atoms with Crippen LogP contribution in [0, 0.1) is 0 Å². The minimum atomic E-state index is 0.632. The van der Waals surface area contributed by atoms with E-state index in [0.717, 1.165) is 11.8 Å². The first-order chi connectivity index (χ1) is 4.63. The topological polar surface area (TPSA) is 12.0 Å². The monoisotopic (exact) mass is 161 g/mol. The Kier molecular flexibility index (Phi) is 6.24. The SMILES string of the molecule is CC(C)NCCSC(C)C. The van der Waals surface area contributed by atoms with E-state index < -0.39 is 0 Å². The van der Waals surface area contributed by atoms with Crippen LogP contribution in [0.25, 0.3) is 0 Å². The Bertz CT molecular complexity index is 61.7. The standard InChI is InChI=1S/C8H19NS/c1-7(2)9-5-6-10-8(3)4/h7-9H,5-6H2,1-4H3. The largest absolute Gasteiger partial charge is 0.314 e. The van der Waals surface area contributed by atoms with Crippen LogP contribution >= 0.6 is 11.8 Å². The molecule has 10 heavy (non-hydrogen) atoms. The zero-order chi connectivity index (χ0) is 7.98. The smallest absolute Gasteiger partial charge is 0.00607 e. The zero-order valence-corrected chi connectivity index (χ0v) is 8.29. The number of nitrogens with one attached hydrogen (secondary N) is 1. The Labute approximate surface area is 69.0 Å². The summed E-state index contributed by atoms with van der Waals surface area (Å²) in [5, 5.41) is 4.15. The highest BCUT2D eigenvalue weighted by atomic mass is 32.2. The predicted molar refractivity (Wildman–Crippen MR) is 50.7 cm³/mol. The molecule has 0 heterocycles. The first-order valence-electron chi connectivity index (χ1n) is 3.98. The fourth-order valence-electron chi connectivity index (χ4n) is 0.642. The van der Waals surface area contributed by atoms with Gasteiger partial charge in [-0.15, -0.1) is 0 Å². The molecule has 0 radical (unpaired) electrons. The molecule has 62 valence electrons. The average Bonchev–Trinajstić information content (AvgIpc) is 1.79. The molecule has 0 bridgehead atoms. The molecule has 0 aromatic rings. The van der Waals surface area contributed by atoms with E-state index >= 15 is 0 Å². The van der Waals surface area contributed by atoms with Crippen LogP contribution in [0.1, 0.15) is 27.7 Å². The number of hydrogen-bond donors (Lipinski definition) is 1.